The summed E-state index contributed by atoms with van der Waals surface area (Å²) < 4.78 is 42.5. The first-order chi connectivity index (χ1) is 11.4. The molecule has 124 valence electrons. The van der Waals surface area contributed by atoms with Crippen molar-refractivity contribution in [2.75, 3.05) is 4.72 Å². The second-order valence-corrected chi connectivity index (χ2v) is 7.99. The molecule has 1 aromatic carbocycles. The fourth-order valence-electron chi connectivity index (χ4n) is 1.98. The number of hydrogen-bond donors (Lipinski definition) is 1. The minimum Gasteiger partial charge on any atom is -0.278 e. The Kier molecular flexibility index (Phi) is 4.70. The summed E-state index contributed by atoms with van der Waals surface area (Å²) in [4.78, 5) is 4.05. The molecule has 0 aliphatic carbocycles. The fraction of sp³-hybridized carbons (Fsp3) is 0. The van der Waals surface area contributed by atoms with Crippen molar-refractivity contribution >= 4 is 47.6 Å². The molecule has 0 fully saturated rings. The Morgan fingerprint density at radius 1 is 1.17 bits per heavy atom. The van der Waals surface area contributed by atoms with Crippen LogP contribution in [0.1, 0.15) is 0 Å². The van der Waals surface area contributed by atoms with Crippen LogP contribution in [0.25, 0.3) is 5.82 Å². The molecule has 0 atom stereocenters. The second-order valence-electron chi connectivity index (χ2n) is 4.66. The van der Waals surface area contributed by atoms with Crippen molar-refractivity contribution in [1.29, 1.82) is 0 Å². The molecule has 0 amide bonds. The molecule has 6 nitrogen and oxygen atoms in total. The Bertz CT molecular complexity index is 954. The number of sulfonamides is 1. The molecule has 0 saturated carbocycles. The van der Waals surface area contributed by atoms with Gasteiger partial charge in [0.1, 0.15) is 10.7 Å². The summed E-state index contributed by atoms with van der Waals surface area (Å²) in [5, 5.41) is 4.04. The van der Waals surface area contributed by atoms with E-state index in [2.05, 4.69) is 46.7 Å². The van der Waals surface area contributed by atoms with Gasteiger partial charge in [-0.15, -0.1) is 0 Å². The molecule has 3 rings (SSSR count). The smallest absolute Gasteiger partial charge is 0.264 e. The van der Waals surface area contributed by atoms with E-state index in [0.29, 0.717) is 5.82 Å². The molecule has 0 spiro atoms. The van der Waals surface area contributed by atoms with E-state index in [-0.39, 0.29) is 19.5 Å². The highest BCUT2D eigenvalue weighted by atomic mass is 79.9. The van der Waals surface area contributed by atoms with Crippen LogP contribution in [0.3, 0.4) is 0 Å². The lowest BCUT2D eigenvalue weighted by molar-refractivity contribution is 0.598. The molecule has 10 heteroatoms. The topological polar surface area (TPSA) is 76.9 Å². The molecule has 24 heavy (non-hydrogen) atoms. The molecule has 0 bridgehead atoms. The van der Waals surface area contributed by atoms with Gasteiger partial charge in [-0.3, -0.25) is 4.72 Å². The monoisotopic (exact) mass is 474 g/mol. The van der Waals surface area contributed by atoms with Gasteiger partial charge in [0, 0.05) is 21.3 Å². The van der Waals surface area contributed by atoms with Crippen LogP contribution >= 0.6 is 31.9 Å². The predicted octanol–water partition coefficient (Wildman–Crippen LogP) is 3.73. The zero-order valence-corrected chi connectivity index (χ0v) is 15.8. The van der Waals surface area contributed by atoms with Gasteiger partial charge in [0.25, 0.3) is 10.0 Å². The van der Waals surface area contributed by atoms with Crippen LogP contribution < -0.4 is 4.72 Å². The zero-order chi connectivity index (χ0) is 17.3. The van der Waals surface area contributed by atoms with E-state index in [9.17, 15) is 12.8 Å². The molecule has 0 radical (unpaired) electrons. The quantitative estimate of drug-likeness (QED) is 0.623. The fourth-order valence-corrected chi connectivity index (χ4v) is 5.55. The van der Waals surface area contributed by atoms with Crippen molar-refractivity contribution in [3.05, 3.63) is 63.7 Å². The molecule has 0 saturated heterocycles. The molecule has 1 N–H and O–H groups in total. The highest BCUT2D eigenvalue weighted by Gasteiger charge is 2.22. The molecule has 2 aromatic heterocycles. The van der Waals surface area contributed by atoms with E-state index in [1.165, 1.54) is 6.20 Å². The number of anilines is 1. The Labute approximate surface area is 154 Å². The number of aromatic nitrogens is 3. The van der Waals surface area contributed by atoms with Gasteiger partial charge in [0.15, 0.2) is 5.82 Å². The minimum absolute atomic E-state index is 0.0972. The largest absolute Gasteiger partial charge is 0.278 e. The van der Waals surface area contributed by atoms with Gasteiger partial charge in [-0.25, -0.2) is 22.5 Å². The van der Waals surface area contributed by atoms with Crippen molar-refractivity contribution in [3.8, 4) is 5.82 Å². The second kappa shape index (κ2) is 6.61. The number of pyridine rings is 1. The summed E-state index contributed by atoms with van der Waals surface area (Å²) in [5.41, 5.74) is 0.272. The summed E-state index contributed by atoms with van der Waals surface area (Å²) in [6.07, 6.45) is 4.71. The average molecular weight is 476 g/mol. The van der Waals surface area contributed by atoms with Crippen LogP contribution in [0.4, 0.5) is 10.1 Å². The van der Waals surface area contributed by atoms with Gasteiger partial charge in [-0.1, -0.05) is 0 Å². The maximum atomic E-state index is 13.3. The van der Waals surface area contributed by atoms with Crippen LogP contribution in [-0.2, 0) is 10.0 Å². The van der Waals surface area contributed by atoms with Crippen molar-refractivity contribution in [2.24, 2.45) is 0 Å². The highest BCUT2D eigenvalue weighted by Crippen LogP contribution is 2.32. The Hall–Kier alpha value is -1.78. The number of nitrogens with zero attached hydrogens (tertiary/aromatic N) is 3. The van der Waals surface area contributed by atoms with E-state index in [1.807, 2.05) is 0 Å². The normalized spacial score (nSPS) is 11.5. The van der Waals surface area contributed by atoms with Crippen LogP contribution in [0, 0.1) is 5.82 Å². The third-order valence-corrected chi connectivity index (χ3v) is 6.23. The Balaban J connectivity index is 1.90. The Morgan fingerprint density at radius 3 is 2.42 bits per heavy atom. The predicted molar refractivity (Wildman–Crippen MR) is 94.0 cm³/mol. The first-order valence-corrected chi connectivity index (χ1v) is 9.57. The lowest BCUT2D eigenvalue weighted by Gasteiger charge is -2.11. The first kappa shape index (κ1) is 17.1. The number of rotatable bonds is 4. The zero-order valence-electron chi connectivity index (χ0n) is 11.8. The van der Waals surface area contributed by atoms with E-state index in [4.69, 9.17) is 0 Å². The molecular formula is C14H9Br2FN4O2S. The maximum Gasteiger partial charge on any atom is 0.264 e. The summed E-state index contributed by atoms with van der Waals surface area (Å²) >= 11 is 6.14. The molecule has 0 aliphatic heterocycles. The molecule has 2 heterocycles. The lowest BCUT2D eigenvalue weighted by Crippen LogP contribution is -2.15. The van der Waals surface area contributed by atoms with Crippen LogP contribution in [-0.4, -0.2) is 23.2 Å². The van der Waals surface area contributed by atoms with Crippen molar-refractivity contribution < 1.29 is 12.8 Å². The summed E-state index contributed by atoms with van der Waals surface area (Å²) in [7, 11) is -3.93. The minimum atomic E-state index is -3.93. The van der Waals surface area contributed by atoms with Gasteiger partial charge in [0.2, 0.25) is 0 Å². The van der Waals surface area contributed by atoms with E-state index in [1.54, 1.807) is 35.3 Å². The third kappa shape index (κ3) is 3.50. The number of nitrogens with one attached hydrogen (secondary N) is 1. The van der Waals surface area contributed by atoms with Gasteiger partial charge in [0.05, 0.1) is 11.9 Å². The summed E-state index contributed by atoms with van der Waals surface area (Å²) in [6.45, 7) is 0. The van der Waals surface area contributed by atoms with Gasteiger partial charge in [-0.2, -0.15) is 5.10 Å². The lowest BCUT2D eigenvalue weighted by atomic mass is 10.3. The third-order valence-electron chi connectivity index (χ3n) is 2.97. The van der Waals surface area contributed by atoms with Gasteiger partial charge >= 0.3 is 0 Å². The molecule has 3 aromatic rings. The standard InChI is InChI=1S/C14H9Br2FN4O2S/c15-11-6-9(17)7-12(16)14(11)24(22,23)20-10-2-3-13(18-8-10)21-5-1-4-19-21/h1-8,20H. The van der Waals surface area contributed by atoms with Crippen LogP contribution in [0.5, 0.6) is 0 Å². The van der Waals surface area contributed by atoms with Crippen molar-refractivity contribution in [2.45, 2.75) is 4.90 Å². The SMILES string of the molecule is O=S(=O)(Nc1ccc(-n2cccn2)nc1)c1c(Br)cc(F)cc1Br. The van der Waals surface area contributed by atoms with Gasteiger partial charge < -0.3 is 0 Å². The Morgan fingerprint density at radius 2 is 1.88 bits per heavy atom. The molecular weight excluding hydrogens is 467 g/mol. The van der Waals surface area contributed by atoms with Crippen LogP contribution in [0.15, 0.2) is 62.8 Å². The molecule has 0 aliphatic rings. The summed E-state index contributed by atoms with van der Waals surface area (Å²) in [5.74, 6) is -0.00923. The number of halogens is 3. The highest BCUT2D eigenvalue weighted by molar-refractivity contribution is 9.11. The summed E-state index contributed by atoms with van der Waals surface area (Å²) in [6, 6.07) is 7.10. The average Bonchev–Trinajstić information content (AvgIpc) is 3.00. The van der Waals surface area contributed by atoms with Crippen molar-refractivity contribution in [3.63, 3.8) is 0 Å². The number of hydrogen-bond acceptors (Lipinski definition) is 4. The van der Waals surface area contributed by atoms with Crippen molar-refractivity contribution in [1.82, 2.24) is 14.8 Å². The first-order valence-electron chi connectivity index (χ1n) is 6.50. The molecule has 0 unspecified atom stereocenters. The number of benzene rings is 1. The van der Waals surface area contributed by atoms with E-state index >= 15 is 0 Å². The van der Waals surface area contributed by atoms with E-state index < -0.39 is 15.8 Å². The van der Waals surface area contributed by atoms with Crippen LogP contribution in [0.2, 0.25) is 0 Å². The maximum absolute atomic E-state index is 13.3. The van der Waals surface area contributed by atoms with Gasteiger partial charge in [-0.05, 0) is 62.2 Å². The van der Waals surface area contributed by atoms with E-state index in [0.717, 1.165) is 12.1 Å².